The molecule has 146 valence electrons. The number of halogens is 3. The van der Waals surface area contributed by atoms with Gasteiger partial charge in [-0.25, -0.2) is 0 Å². The molecular formula is C24H13F3N2O. The Morgan fingerprint density at radius 3 is 2.23 bits per heavy atom. The van der Waals surface area contributed by atoms with Crippen LogP contribution in [-0.4, -0.2) is 10.8 Å². The van der Waals surface area contributed by atoms with E-state index in [4.69, 9.17) is 5.26 Å². The Hall–Kier alpha value is -3.98. The predicted octanol–water partition coefficient (Wildman–Crippen LogP) is 6.02. The van der Waals surface area contributed by atoms with Crippen molar-refractivity contribution in [3.05, 3.63) is 101 Å². The van der Waals surface area contributed by atoms with Crippen molar-refractivity contribution < 1.29 is 18.0 Å². The first kappa shape index (κ1) is 19.3. The number of carbonyl (C=O) groups excluding carboxylic acids is 1. The third-order valence-corrected chi connectivity index (χ3v) is 4.79. The van der Waals surface area contributed by atoms with Crippen LogP contribution in [0.15, 0.2) is 79.0 Å². The molecular weight excluding hydrogens is 389 g/mol. The highest BCUT2D eigenvalue weighted by molar-refractivity contribution is 6.16. The fourth-order valence-corrected chi connectivity index (χ4v) is 3.39. The molecule has 0 spiro atoms. The monoisotopic (exact) mass is 402 g/mol. The van der Waals surface area contributed by atoms with Crippen LogP contribution in [0.3, 0.4) is 0 Å². The minimum atomic E-state index is -4.58. The van der Waals surface area contributed by atoms with Crippen molar-refractivity contribution >= 4 is 16.7 Å². The lowest BCUT2D eigenvalue weighted by atomic mass is 9.91. The van der Waals surface area contributed by atoms with Gasteiger partial charge in [0.25, 0.3) is 0 Å². The lowest BCUT2D eigenvalue weighted by Gasteiger charge is -2.16. The van der Waals surface area contributed by atoms with Crippen LogP contribution in [0.1, 0.15) is 27.0 Å². The molecule has 30 heavy (non-hydrogen) atoms. The molecule has 0 atom stereocenters. The summed E-state index contributed by atoms with van der Waals surface area (Å²) in [6.07, 6.45) is -3.39. The van der Waals surface area contributed by atoms with Gasteiger partial charge in [0.05, 0.1) is 22.7 Å². The number of ketones is 1. The second-order valence-electron chi connectivity index (χ2n) is 6.63. The van der Waals surface area contributed by atoms with Crippen molar-refractivity contribution in [3.8, 4) is 17.2 Å². The highest BCUT2D eigenvalue weighted by Crippen LogP contribution is 2.39. The maximum Gasteiger partial charge on any atom is 0.418 e. The second-order valence-corrected chi connectivity index (χ2v) is 6.63. The van der Waals surface area contributed by atoms with Gasteiger partial charge >= 0.3 is 6.18 Å². The van der Waals surface area contributed by atoms with Gasteiger partial charge in [0, 0.05) is 28.3 Å². The number of nitriles is 1. The van der Waals surface area contributed by atoms with Crippen LogP contribution >= 0.6 is 0 Å². The van der Waals surface area contributed by atoms with Crippen LogP contribution in [0.4, 0.5) is 13.2 Å². The van der Waals surface area contributed by atoms with E-state index in [1.165, 1.54) is 18.3 Å². The van der Waals surface area contributed by atoms with Crippen LogP contribution in [0.25, 0.3) is 22.0 Å². The van der Waals surface area contributed by atoms with Crippen LogP contribution in [-0.2, 0) is 6.18 Å². The maximum atomic E-state index is 13.5. The largest absolute Gasteiger partial charge is 0.418 e. The molecule has 4 aromatic rings. The number of hydrogen-bond acceptors (Lipinski definition) is 3. The highest BCUT2D eigenvalue weighted by atomic mass is 19.4. The van der Waals surface area contributed by atoms with Crippen LogP contribution in [0, 0.1) is 11.3 Å². The summed E-state index contributed by atoms with van der Waals surface area (Å²) in [7, 11) is 0. The molecule has 0 aliphatic heterocycles. The Bertz CT molecular complexity index is 1290. The summed E-state index contributed by atoms with van der Waals surface area (Å²) in [5.41, 5.74) is 0.786. The molecule has 0 unspecified atom stereocenters. The van der Waals surface area contributed by atoms with Gasteiger partial charge in [0.2, 0.25) is 0 Å². The van der Waals surface area contributed by atoms with Crippen molar-refractivity contribution in [1.82, 2.24) is 4.98 Å². The number of alkyl halides is 3. The summed E-state index contributed by atoms with van der Waals surface area (Å²) in [5.74, 6) is -0.346. The topological polar surface area (TPSA) is 53.8 Å². The molecule has 0 fully saturated rings. The van der Waals surface area contributed by atoms with Gasteiger partial charge in [-0.2, -0.15) is 18.4 Å². The number of hydrogen-bond donors (Lipinski definition) is 0. The van der Waals surface area contributed by atoms with E-state index < -0.39 is 11.7 Å². The molecule has 0 N–H and O–H groups in total. The number of rotatable bonds is 3. The normalized spacial score (nSPS) is 11.3. The number of benzene rings is 3. The van der Waals surface area contributed by atoms with Gasteiger partial charge < -0.3 is 0 Å². The lowest BCUT2D eigenvalue weighted by Crippen LogP contribution is -2.09. The van der Waals surface area contributed by atoms with Crippen molar-refractivity contribution in [2.75, 3.05) is 0 Å². The molecule has 0 saturated heterocycles. The molecule has 0 amide bonds. The molecule has 6 heteroatoms. The number of fused-ring (bicyclic) bond motifs is 1. The number of pyridine rings is 1. The van der Waals surface area contributed by atoms with Gasteiger partial charge in [0.15, 0.2) is 5.78 Å². The summed E-state index contributed by atoms with van der Waals surface area (Å²) in [4.78, 5) is 17.2. The Labute approximate surface area is 170 Å². The number of carbonyl (C=O) groups is 1. The van der Waals surface area contributed by atoms with Crippen molar-refractivity contribution in [3.63, 3.8) is 0 Å². The van der Waals surface area contributed by atoms with Crippen molar-refractivity contribution in [1.29, 1.82) is 5.26 Å². The highest BCUT2D eigenvalue weighted by Gasteiger charge is 2.34. The first-order chi connectivity index (χ1) is 14.4. The molecule has 4 rings (SSSR count). The zero-order valence-electron chi connectivity index (χ0n) is 15.4. The second kappa shape index (κ2) is 7.45. The van der Waals surface area contributed by atoms with Crippen molar-refractivity contribution in [2.24, 2.45) is 0 Å². The van der Waals surface area contributed by atoms with E-state index in [9.17, 15) is 18.0 Å². The average molecular weight is 402 g/mol. The molecule has 0 aliphatic rings. The van der Waals surface area contributed by atoms with Crippen molar-refractivity contribution in [2.45, 2.75) is 6.18 Å². The number of para-hydroxylation sites is 1. The van der Waals surface area contributed by atoms with Crippen LogP contribution < -0.4 is 0 Å². The standard InChI is InChI=1S/C24H13F3N2O/c25-24(26,27)20-8-4-7-18-21(16-11-9-15(13-28)10-12-16)19(14-29-22(18)20)23(30)17-5-2-1-3-6-17/h1-12,14H. The van der Waals surface area contributed by atoms with Crippen LogP contribution in [0.5, 0.6) is 0 Å². The predicted molar refractivity (Wildman–Crippen MR) is 107 cm³/mol. The summed E-state index contributed by atoms with van der Waals surface area (Å²) in [6, 6.07) is 20.6. The van der Waals surface area contributed by atoms with Gasteiger partial charge in [-0.1, -0.05) is 54.6 Å². The van der Waals surface area contributed by atoms with Gasteiger partial charge in [-0.15, -0.1) is 0 Å². The minimum Gasteiger partial charge on any atom is -0.289 e. The number of aromatic nitrogens is 1. The van der Waals surface area contributed by atoms with E-state index in [-0.39, 0.29) is 22.2 Å². The van der Waals surface area contributed by atoms with E-state index in [1.807, 2.05) is 6.07 Å². The lowest BCUT2D eigenvalue weighted by molar-refractivity contribution is -0.136. The van der Waals surface area contributed by atoms with Gasteiger partial charge in [0.1, 0.15) is 0 Å². The van der Waals surface area contributed by atoms with E-state index in [0.717, 1.165) is 6.07 Å². The Morgan fingerprint density at radius 1 is 0.900 bits per heavy atom. The van der Waals surface area contributed by atoms with Gasteiger partial charge in [-0.3, -0.25) is 9.78 Å². The number of nitrogens with zero attached hydrogens (tertiary/aromatic N) is 2. The summed E-state index contributed by atoms with van der Waals surface area (Å²) < 4.78 is 40.6. The third kappa shape index (κ3) is 3.42. The molecule has 1 heterocycles. The molecule has 3 nitrogen and oxygen atoms in total. The zero-order chi connectivity index (χ0) is 21.3. The smallest absolute Gasteiger partial charge is 0.289 e. The molecule has 0 bridgehead atoms. The first-order valence-electron chi connectivity index (χ1n) is 8.99. The molecule has 0 radical (unpaired) electrons. The fourth-order valence-electron chi connectivity index (χ4n) is 3.39. The average Bonchev–Trinajstić information content (AvgIpc) is 2.77. The van der Waals surface area contributed by atoms with E-state index in [0.29, 0.717) is 22.3 Å². The summed E-state index contributed by atoms with van der Waals surface area (Å²) in [6.45, 7) is 0. The van der Waals surface area contributed by atoms with E-state index in [1.54, 1.807) is 54.6 Å². The first-order valence-corrected chi connectivity index (χ1v) is 8.99. The fraction of sp³-hybridized carbons (Fsp3) is 0.0417. The third-order valence-electron chi connectivity index (χ3n) is 4.79. The zero-order valence-corrected chi connectivity index (χ0v) is 15.4. The minimum absolute atomic E-state index is 0.192. The molecule has 3 aromatic carbocycles. The molecule has 0 aliphatic carbocycles. The molecule has 1 aromatic heterocycles. The van der Waals surface area contributed by atoms with E-state index in [2.05, 4.69) is 4.98 Å². The summed E-state index contributed by atoms with van der Waals surface area (Å²) in [5, 5.41) is 9.27. The Balaban J connectivity index is 2.04. The van der Waals surface area contributed by atoms with E-state index >= 15 is 0 Å². The quantitative estimate of drug-likeness (QED) is 0.394. The summed E-state index contributed by atoms with van der Waals surface area (Å²) >= 11 is 0. The van der Waals surface area contributed by atoms with Crippen LogP contribution in [0.2, 0.25) is 0 Å². The Morgan fingerprint density at radius 2 is 1.60 bits per heavy atom. The SMILES string of the molecule is N#Cc1ccc(-c2c(C(=O)c3ccccc3)cnc3c(C(F)(F)F)cccc23)cc1. The molecule has 0 saturated carbocycles. The maximum absolute atomic E-state index is 13.5. The Kier molecular flexibility index (Phi) is 4.80. The van der Waals surface area contributed by atoms with Gasteiger partial charge in [-0.05, 0) is 23.8 Å².